The van der Waals surface area contributed by atoms with Crippen molar-refractivity contribution in [2.75, 3.05) is 6.61 Å². The summed E-state index contributed by atoms with van der Waals surface area (Å²) in [5, 5.41) is 2.73. The maximum atomic E-state index is 13.3. The van der Waals surface area contributed by atoms with E-state index in [1.54, 1.807) is 6.07 Å². The fourth-order valence-electron chi connectivity index (χ4n) is 1.92. The number of carbonyl (C=O) groups excluding carboxylic acids is 1. The molecule has 1 fully saturated rings. The fourth-order valence-corrected chi connectivity index (χ4v) is 2.40. The van der Waals surface area contributed by atoms with Crippen molar-refractivity contribution >= 4 is 22.0 Å². The first-order valence-electron chi connectivity index (χ1n) is 5.28. The second-order valence-corrected chi connectivity index (χ2v) is 5.66. The van der Waals surface area contributed by atoms with E-state index >= 15 is 0 Å². The molecule has 1 heterocycles. The summed E-state index contributed by atoms with van der Waals surface area (Å²) in [5.41, 5.74) is 0.441. The average Bonchev–Trinajstić information content (AvgIpc) is 2.26. The van der Waals surface area contributed by atoms with E-state index in [-0.39, 0.29) is 17.3 Å². The predicted octanol–water partition coefficient (Wildman–Crippen LogP) is 3.40. The zero-order chi connectivity index (χ0) is 12.6. The lowest BCUT2D eigenvalue weighted by atomic mass is 9.80. The molecule has 0 aliphatic carbocycles. The fraction of sp³-hybridized carbons (Fsp3) is 0.417. The van der Waals surface area contributed by atoms with Crippen LogP contribution in [-0.2, 0) is 4.74 Å². The third-order valence-corrected chi connectivity index (χ3v) is 3.61. The van der Waals surface area contributed by atoms with Crippen molar-refractivity contribution < 1.29 is 13.9 Å². The highest BCUT2D eigenvalue weighted by Gasteiger charge is 2.38. The van der Waals surface area contributed by atoms with Crippen LogP contribution in [0.3, 0.4) is 0 Å². The molecule has 3 nitrogen and oxygen atoms in total. The molecule has 1 aromatic carbocycles. The van der Waals surface area contributed by atoms with E-state index in [0.717, 1.165) is 10.0 Å². The Morgan fingerprint density at radius 3 is 2.94 bits per heavy atom. The van der Waals surface area contributed by atoms with Gasteiger partial charge in [-0.2, -0.15) is 0 Å². The van der Waals surface area contributed by atoms with Crippen molar-refractivity contribution in [2.24, 2.45) is 5.41 Å². The topological polar surface area (TPSA) is 38.3 Å². The zero-order valence-corrected chi connectivity index (χ0v) is 11.2. The van der Waals surface area contributed by atoms with Gasteiger partial charge in [0, 0.05) is 9.89 Å². The van der Waals surface area contributed by atoms with Crippen LogP contribution in [0.1, 0.15) is 25.5 Å². The molecule has 2 rings (SSSR count). The van der Waals surface area contributed by atoms with E-state index in [1.165, 1.54) is 12.1 Å². The molecular formula is C12H13BrFNO2. The third-order valence-electron chi connectivity index (χ3n) is 2.89. The number of cyclic esters (lactones) is 1. The maximum absolute atomic E-state index is 13.3. The standard InChI is InChI=1S/C12H13BrFNO2/c1-12(2)6-17-11(16)15-10(12)8-5-7(14)3-4-9(8)13/h3-5,10H,6H2,1-2H3,(H,15,16)/t10-/m0/s1. The average molecular weight is 302 g/mol. The maximum Gasteiger partial charge on any atom is 0.407 e. The van der Waals surface area contributed by atoms with Crippen molar-refractivity contribution in [3.8, 4) is 0 Å². The van der Waals surface area contributed by atoms with Crippen LogP contribution < -0.4 is 5.32 Å². The van der Waals surface area contributed by atoms with Crippen LogP contribution in [0.4, 0.5) is 9.18 Å². The molecule has 0 bridgehead atoms. The molecule has 1 aliphatic heterocycles. The number of benzene rings is 1. The van der Waals surface area contributed by atoms with Gasteiger partial charge in [-0.25, -0.2) is 9.18 Å². The summed E-state index contributed by atoms with van der Waals surface area (Å²) in [5.74, 6) is -0.320. The van der Waals surface area contributed by atoms with Gasteiger partial charge in [-0.1, -0.05) is 29.8 Å². The number of hydrogen-bond donors (Lipinski definition) is 1. The molecule has 92 valence electrons. The molecular weight excluding hydrogens is 289 g/mol. The molecule has 17 heavy (non-hydrogen) atoms. The summed E-state index contributed by atoms with van der Waals surface area (Å²) < 4.78 is 19.0. The highest BCUT2D eigenvalue weighted by Crippen LogP contribution is 2.39. The molecule has 0 radical (unpaired) electrons. The number of ether oxygens (including phenoxy) is 1. The van der Waals surface area contributed by atoms with Gasteiger partial charge in [-0.15, -0.1) is 0 Å². The Hall–Kier alpha value is -1.10. The van der Waals surface area contributed by atoms with E-state index < -0.39 is 6.09 Å². The lowest BCUT2D eigenvalue weighted by Crippen LogP contribution is -2.47. The van der Waals surface area contributed by atoms with Gasteiger partial charge in [0.05, 0.1) is 6.04 Å². The second kappa shape index (κ2) is 4.29. The molecule has 1 amide bonds. The molecule has 1 aromatic rings. The van der Waals surface area contributed by atoms with Gasteiger partial charge >= 0.3 is 6.09 Å². The SMILES string of the molecule is CC1(C)COC(=O)N[C@H]1c1cc(F)ccc1Br. The number of hydrogen-bond acceptors (Lipinski definition) is 2. The van der Waals surface area contributed by atoms with Crippen LogP contribution in [0.5, 0.6) is 0 Å². The highest BCUT2D eigenvalue weighted by atomic mass is 79.9. The van der Waals surface area contributed by atoms with Gasteiger partial charge in [0.15, 0.2) is 0 Å². The number of nitrogens with one attached hydrogen (secondary N) is 1. The minimum atomic E-state index is -0.467. The molecule has 0 saturated carbocycles. The monoisotopic (exact) mass is 301 g/mol. The lowest BCUT2D eigenvalue weighted by Gasteiger charge is -2.38. The molecule has 0 unspecified atom stereocenters. The quantitative estimate of drug-likeness (QED) is 0.863. The minimum absolute atomic E-state index is 0.270. The van der Waals surface area contributed by atoms with Gasteiger partial charge in [0.1, 0.15) is 12.4 Å². The summed E-state index contributed by atoms with van der Waals surface area (Å²) in [6.45, 7) is 4.25. The molecule has 1 atom stereocenters. The van der Waals surface area contributed by atoms with E-state index in [9.17, 15) is 9.18 Å². The Morgan fingerprint density at radius 2 is 2.24 bits per heavy atom. The molecule has 5 heteroatoms. The normalized spacial score (nSPS) is 22.8. The Bertz CT molecular complexity index is 462. The van der Waals surface area contributed by atoms with Crippen molar-refractivity contribution in [2.45, 2.75) is 19.9 Å². The Kier molecular flexibility index (Phi) is 3.12. The van der Waals surface area contributed by atoms with Crippen LogP contribution >= 0.6 is 15.9 Å². The Labute approximate surface area is 107 Å². The second-order valence-electron chi connectivity index (χ2n) is 4.81. The van der Waals surface area contributed by atoms with Gasteiger partial charge in [0.25, 0.3) is 0 Å². The van der Waals surface area contributed by atoms with E-state index in [0.29, 0.717) is 6.61 Å². The van der Waals surface area contributed by atoms with E-state index in [1.807, 2.05) is 13.8 Å². The summed E-state index contributed by atoms with van der Waals surface area (Å²) in [6.07, 6.45) is -0.467. The van der Waals surface area contributed by atoms with Gasteiger partial charge in [-0.3, -0.25) is 0 Å². The smallest absolute Gasteiger partial charge is 0.407 e. The summed E-state index contributed by atoms with van der Waals surface area (Å²) in [4.78, 5) is 11.3. The number of halogens is 2. The van der Waals surface area contributed by atoms with Crippen molar-refractivity contribution in [1.29, 1.82) is 0 Å². The Balaban J connectivity index is 2.42. The minimum Gasteiger partial charge on any atom is -0.449 e. The van der Waals surface area contributed by atoms with Crippen LogP contribution in [0.25, 0.3) is 0 Å². The molecule has 1 saturated heterocycles. The molecule has 1 N–H and O–H groups in total. The van der Waals surface area contributed by atoms with Crippen LogP contribution in [0.15, 0.2) is 22.7 Å². The summed E-state index contributed by atoms with van der Waals surface area (Å²) >= 11 is 3.38. The Morgan fingerprint density at radius 1 is 1.53 bits per heavy atom. The van der Waals surface area contributed by atoms with Gasteiger partial charge in [0.2, 0.25) is 0 Å². The van der Waals surface area contributed by atoms with Gasteiger partial charge in [-0.05, 0) is 23.8 Å². The summed E-state index contributed by atoms with van der Waals surface area (Å²) in [6, 6.07) is 4.18. The zero-order valence-electron chi connectivity index (χ0n) is 9.59. The van der Waals surface area contributed by atoms with Gasteiger partial charge < -0.3 is 10.1 Å². The highest BCUT2D eigenvalue weighted by molar-refractivity contribution is 9.10. The number of carbonyl (C=O) groups is 1. The first kappa shape index (κ1) is 12.4. The van der Waals surface area contributed by atoms with Crippen molar-refractivity contribution in [3.63, 3.8) is 0 Å². The number of amides is 1. The lowest BCUT2D eigenvalue weighted by molar-refractivity contribution is 0.0384. The van der Waals surface area contributed by atoms with Crippen LogP contribution in [0.2, 0.25) is 0 Å². The number of alkyl carbamates (subject to hydrolysis) is 1. The number of rotatable bonds is 1. The molecule has 1 aliphatic rings. The predicted molar refractivity (Wildman–Crippen MR) is 65.1 cm³/mol. The summed E-state index contributed by atoms with van der Waals surface area (Å²) in [7, 11) is 0. The largest absolute Gasteiger partial charge is 0.449 e. The van der Waals surface area contributed by atoms with Crippen molar-refractivity contribution in [3.05, 3.63) is 34.1 Å². The van der Waals surface area contributed by atoms with E-state index in [2.05, 4.69) is 21.2 Å². The first-order chi connectivity index (χ1) is 7.90. The third kappa shape index (κ3) is 2.44. The molecule has 0 aromatic heterocycles. The van der Waals surface area contributed by atoms with Crippen molar-refractivity contribution in [1.82, 2.24) is 5.32 Å². The first-order valence-corrected chi connectivity index (χ1v) is 6.08. The van der Waals surface area contributed by atoms with Crippen LogP contribution in [0, 0.1) is 11.2 Å². The van der Waals surface area contributed by atoms with E-state index in [4.69, 9.17) is 4.74 Å². The van der Waals surface area contributed by atoms with Crippen LogP contribution in [-0.4, -0.2) is 12.7 Å². The molecule has 0 spiro atoms.